The minimum Gasteiger partial charge on any atom is -0.329 e. The molecule has 0 aliphatic carbocycles. The van der Waals surface area contributed by atoms with Crippen LogP contribution in [0.25, 0.3) is 10.2 Å². The van der Waals surface area contributed by atoms with E-state index < -0.39 is 0 Å². The van der Waals surface area contributed by atoms with Gasteiger partial charge in [0.15, 0.2) is 0 Å². The molecule has 3 aromatic rings. The van der Waals surface area contributed by atoms with Crippen molar-refractivity contribution in [3.05, 3.63) is 46.0 Å². The lowest BCUT2D eigenvalue weighted by Gasteiger charge is -2.18. The number of aromatic nitrogens is 2. The second kappa shape index (κ2) is 5.50. The number of halogens is 1. The molecule has 0 saturated carbocycles. The maximum Gasteiger partial charge on any atom is 0.144 e. The zero-order chi connectivity index (χ0) is 14.1. The molecule has 20 heavy (non-hydrogen) atoms. The molecule has 1 aromatic carbocycles. The van der Waals surface area contributed by atoms with Gasteiger partial charge in [-0.25, -0.2) is 9.97 Å². The molecule has 0 spiro atoms. The van der Waals surface area contributed by atoms with Crippen molar-refractivity contribution in [1.82, 2.24) is 9.97 Å². The van der Waals surface area contributed by atoms with Gasteiger partial charge >= 0.3 is 0 Å². The van der Waals surface area contributed by atoms with E-state index in [2.05, 4.69) is 55.9 Å². The predicted octanol–water partition coefficient (Wildman–Crippen LogP) is 4.78. The molecule has 0 unspecified atom stereocenters. The lowest BCUT2D eigenvalue weighted by molar-refractivity contribution is 1.11. The first-order valence-corrected chi connectivity index (χ1v) is 8.02. The normalized spacial score (nSPS) is 10.9. The van der Waals surface area contributed by atoms with E-state index in [1.165, 1.54) is 4.88 Å². The van der Waals surface area contributed by atoms with Crippen LogP contribution in [0.1, 0.15) is 11.8 Å². The molecular formula is C15H14BrN3S. The highest BCUT2D eigenvalue weighted by Crippen LogP contribution is 2.33. The van der Waals surface area contributed by atoms with Crippen molar-refractivity contribution in [2.24, 2.45) is 0 Å². The monoisotopic (exact) mass is 347 g/mol. The summed E-state index contributed by atoms with van der Waals surface area (Å²) in [6.45, 7) is 2.16. The average molecular weight is 348 g/mol. The van der Waals surface area contributed by atoms with Gasteiger partial charge in [0, 0.05) is 22.1 Å². The molecule has 0 atom stereocenters. The molecule has 5 heteroatoms. The van der Waals surface area contributed by atoms with Crippen molar-refractivity contribution in [2.75, 3.05) is 11.9 Å². The van der Waals surface area contributed by atoms with Crippen LogP contribution in [0.5, 0.6) is 0 Å². The number of nitrogens with zero attached hydrogens (tertiary/aromatic N) is 3. The van der Waals surface area contributed by atoms with Crippen LogP contribution in [0, 0.1) is 0 Å². The number of thiophene rings is 1. The van der Waals surface area contributed by atoms with Gasteiger partial charge in [0.25, 0.3) is 0 Å². The van der Waals surface area contributed by atoms with Gasteiger partial charge in [0.05, 0.1) is 5.39 Å². The number of hydrogen-bond acceptors (Lipinski definition) is 4. The highest BCUT2D eigenvalue weighted by atomic mass is 79.9. The minimum atomic E-state index is 0.952. The Labute approximate surface area is 130 Å². The first-order chi connectivity index (χ1) is 9.69. The van der Waals surface area contributed by atoms with Gasteiger partial charge in [0.1, 0.15) is 17.0 Å². The summed E-state index contributed by atoms with van der Waals surface area (Å²) < 4.78 is 1.08. The van der Waals surface area contributed by atoms with Gasteiger partial charge < -0.3 is 4.90 Å². The summed E-state index contributed by atoms with van der Waals surface area (Å²) in [5, 5.41) is 1.12. The molecule has 0 fully saturated rings. The number of anilines is 2. The Kier molecular flexibility index (Phi) is 3.72. The average Bonchev–Trinajstić information content (AvgIpc) is 2.90. The van der Waals surface area contributed by atoms with E-state index in [9.17, 15) is 0 Å². The van der Waals surface area contributed by atoms with Crippen LogP contribution >= 0.6 is 27.3 Å². The first kappa shape index (κ1) is 13.5. The molecule has 0 amide bonds. The van der Waals surface area contributed by atoms with Crippen LogP contribution in [0.15, 0.2) is 41.1 Å². The second-order valence-electron chi connectivity index (χ2n) is 4.52. The van der Waals surface area contributed by atoms with Crippen LogP contribution in [-0.4, -0.2) is 17.0 Å². The third-order valence-corrected chi connectivity index (χ3v) is 4.96. The lowest BCUT2D eigenvalue weighted by atomic mass is 10.2. The van der Waals surface area contributed by atoms with Gasteiger partial charge in [-0.2, -0.15) is 0 Å². The van der Waals surface area contributed by atoms with Crippen LogP contribution in [0.2, 0.25) is 0 Å². The number of benzene rings is 1. The highest BCUT2D eigenvalue weighted by Gasteiger charge is 2.12. The van der Waals surface area contributed by atoms with Gasteiger partial charge in [0.2, 0.25) is 0 Å². The molecule has 0 bridgehead atoms. The van der Waals surface area contributed by atoms with Crippen molar-refractivity contribution in [3.8, 4) is 0 Å². The van der Waals surface area contributed by atoms with Crippen LogP contribution in [-0.2, 0) is 6.42 Å². The maximum atomic E-state index is 4.46. The minimum absolute atomic E-state index is 0.952. The summed E-state index contributed by atoms with van der Waals surface area (Å²) in [4.78, 5) is 13.3. The van der Waals surface area contributed by atoms with E-state index in [0.717, 1.165) is 32.6 Å². The molecule has 0 aliphatic heterocycles. The number of rotatable bonds is 3. The largest absolute Gasteiger partial charge is 0.329 e. The molecule has 2 aromatic heterocycles. The molecule has 0 N–H and O–H groups in total. The van der Waals surface area contributed by atoms with Crippen molar-refractivity contribution in [2.45, 2.75) is 13.3 Å². The summed E-state index contributed by atoms with van der Waals surface area (Å²) in [7, 11) is 2.04. The molecule has 3 nitrogen and oxygen atoms in total. The maximum absolute atomic E-state index is 4.46. The molecule has 0 saturated heterocycles. The molecule has 3 rings (SSSR count). The van der Waals surface area contributed by atoms with Crippen molar-refractivity contribution in [3.63, 3.8) is 0 Å². The molecule has 2 heterocycles. The van der Waals surface area contributed by atoms with Gasteiger partial charge in [-0.15, -0.1) is 11.3 Å². The number of aryl methyl sites for hydroxylation is 1. The van der Waals surface area contributed by atoms with Crippen LogP contribution < -0.4 is 4.90 Å². The first-order valence-electron chi connectivity index (χ1n) is 6.41. The van der Waals surface area contributed by atoms with Crippen molar-refractivity contribution in [1.29, 1.82) is 0 Å². The Balaban J connectivity index is 2.08. The zero-order valence-corrected chi connectivity index (χ0v) is 13.7. The van der Waals surface area contributed by atoms with E-state index >= 15 is 0 Å². The van der Waals surface area contributed by atoms with Gasteiger partial charge in [-0.3, -0.25) is 0 Å². The third-order valence-electron chi connectivity index (χ3n) is 3.24. The topological polar surface area (TPSA) is 29.0 Å². The van der Waals surface area contributed by atoms with Gasteiger partial charge in [-0.05, 0) is 36.8 Å². The van der Waals surface area contributed by atoms with E-state index in [-0.39, 0.29) is 0 Å². The molecular weight excluding hydrogens is 334 g/mol. The van der Waals surface area contributed by atoms with Crippen LogP contribution in [0.3, 0.4) is 0 Å². The standard InChI is InChI=1S/C15H14BrN3S/c1-3-12-8-13-14(17-9-18-15(13)20-12)19(2)11-6-4-10(16)5-7-11/h4-9H,3H2,1-2H3. The van der Waals surface area contributed by atoms with E-state index in [0.29, 0.717) is 0 Å². The third kappa shape index (κ3) is 2.43. The lowest BCUT2D eigenvalue weighted by Crippen LogP contribution is -2.11. The summed E-state index contributed by atoms with van der Waals surface area (Å²) >= 11 is 5.20. The zero-order valence-electron chi connectivity index (χ0n) is 11.3. The van der Waals surface area contributed by atoms with Crippen LogP contribution in [0.4, 0.5) is 11.5 Å². The fourth-order valence-electron chi connectivity index (χ4n) is 2.12. The summed E-state index contributed by atoms with van der Waals surface area (Å²) in [5.74, 6) is 0.952. The summed E-state index contributed by atoms with van der Waals surface area (Å²) in [6.07, 6.45) is 2.67. The van der Waals surface area contributed by atoms with E-state index in [4.69, 9.17) is 0 Å². The Bertz CT molecular complexity index is 736. The van der Waals surface area contributed by atoms with Crippen molar-refractivity contribution < 1.29 is 0 Å². The van der Waals surface area contributed by atoms with Crippen molar-refractivity contribution >= 4 is 49.0 Å². The summed E-state index contributed by atoms with van der Waals surface area (Å²) in [6, 6.07) is 10.4. The Morgan fingerprint density at radius 3 is 2.65 bits per heavy atom. The Morgan fingerprint density at radius 2 is 1.95 bits per heavy atom. The SMILES string of the molecule is CCc1cc2c(N(C)c3ccc(Br)cc3)ncnc2s1. The number of hydrogen-bond donors (Lipinski definition) is 0. The molecule has 102 valence electrons. The Morgan fingerprint density at radius 1 is 1.20 bits per heavy atom. The van der Waals surface area contributed by atoms with Gasteiger partial charge in [-0.1, -0.05) is 22.9 Å². The van der Waals surface area contributed by atoms with E-state index in [1.54, 1.807) is 17.7 Å². The highest BCUT2D eigenvalue weighted by molar-refractivity contribution is 9.10. The Hall–Kier alpha value is -1.46. The summed E-state index contributed by atoms with van der Waals surface area (Å²) in [5.41, 5.74) is 1.11. The van der Waals surface area contributed by atoms with E-state index in [1.807, 2.05) is 19.2 Å². The number of fused-ring (bicyclic) bond motifs is 1. The fraction of sp³-hybridized carbons (Fsp3) is 0.200. The fourth-order valence-corrected chi connectivity index (χ4v) is 3.32. The molecule has 0 aliphatic rings. The molecule has 0 radical (unpaired) electrons. The second-order valence-corrected chi connectivity index (χ2v) is 6.55. The quantitative estimate of drug-likeness (QED) is 0.682. The smallest absolute Gasteiger partial charge is 0.144 e. The predicted molar refractivity (Wildman–Crippen MR) is 89.0 cm³/mol.